The Morgan fingerprint density at radius 3 is 2.92 bits per heavy atom. The van der Waals surface area contributed by atoms with Gasteiger partial charge in [-0.15, -0.1) is 0 Å². The van der Waals surface area contributed by atoms with Crippen LogP contribution in [-0.4, -0.2) is 30.5 Å². The summed E-state index contributed by atoms with van der Waals surface area (Å²) in [5, 5.41) is 11.2. The Morgan fingerprint density at radius 2 is 2.42 bits per heavy atom. The molecule has 0 spiro atoms. The molecule has 0 aromatic carbocycles. The molecule has 1 atom stereocenters. The average Bonchev–Trinajstić information content (AvgIpc) is 2.01. The molecule has 0 heterocycles. The van der Waals surface area contributed by atoms with Crippen molar-refractivity contribution in [1.29, 1.82) is 0 Å². The van der Waals surface area contributed by atoms with Crippen LogP contribution < -0.4 is 5.32 Å². The van der Waals surface area contributed by atoms with Crippen LogP contribution in [0.25, 0.3) is 0 Å². The van der Waals surface area contributed by atoms with E-state index in [-0.39, 0.29) is 12.5 Å². The fourth-order valence-corrected chi connectivity index (χ4v) is 0.538. The van der Waals surface area contributed by atoms with Gasteiger partial charge in [-0.2, -0.15) is 0 Å². The van der Waals surface area contributed by atoms with Crippen molar-refractivity contribution in [1.82, 2.24) is 5.32 Å². The van der Waals surface area contributed by atoms with Crippen LogP contribution in [0.2, 0.25) is 0 Å². The minimum Gasteiger partial charge on any atom is -0.368 e. The predicted molar refractivity (Wildman–Crippen MR) is 45.5 cm³/mol. The first-order valence-electron chi connectivity index (χ1n) is 3.84. The summed E-state index contributed by atoms with van der Waals surface area (Å²) in [4.78, 5) is 10.8. The van der Waals surface area contributed by atoms with E-state index in [4.69, 9.17) is 5.11 Å². The lowest BCUT2D eigenvalue weighted by molar-refractivity contribution is -0.137. The average molecular weight is 173 g/mol. The minimum atomic E-state index is -0.891. The normalized spacial score (nSPS) is 13.2. The number of amides is 1. The number of ether oxygens (including phenoxy) is 1. The number of nitrogens with one attached hydrogen (secondary N) is 1. The van der Waals surface area contributed by atoms with Crippen LogP contribution in [0.5, 0.6) is 0 Å². The van der Waals surface area contributed by atoms with Crippen molar-refractivity contribution in [2.24, 2.45) is 0 Å². The van der Waals surface area contributed by atoms with Crippen molar-refractivity contribution in [3.63, 3.8) is 0 Å². The second kappa shape index (κ2) is 6.82. The monoisotopic (exact) mass is 173 g/mol. The Kier molecular flexibility index (Phi) is 6.32. The molecule has 0 saturated heterocycles. The first kappa shape index (κ1) is 11.1. The Balaban J connectivity index is 3.34. The lowest BCUT2D eigenvalue weighted by Crippen LogP contribution is -2.29. The number of allylic oxidation sites excluding steroid dienone is 1. The van der Waals surface area contributed by atoms with Crippen molar-refractivity contribution in [3.8, 4) is 0 Å². The molecule has 1 amide bonds. The van der Waals surface area contributed by atoms with Gasteiger partial charge in [0.15, 0.2) is 6.29 Å². The largest absolute Gasteiger partial charge is 0.368 e. The molecule has 0 aliphatic heterocycles. The summed E-state index contributed by atoms with van der Waals surface area (Å²) in [5.41, 5.74) is 0. The van der Waals surface area contributed by atoms with Crippen LogP contribution in [0.4, 0.5) is 0 Å². The SMILES string of the molecule is C/C=C\CNC(=O)COC(C)O. The van der Waals surface area contributed by atoms with Crippen LogP contribution in [0.3, 0.4) is 0 Å². The molecule has 0 aromatic heterocycles. The molecular weight excluding hydrogens is 158 g/mol. The van der Waals surface area contributed by atoms with Gasteiger partial charge in [0, 0.05) is 6.54 Å². The lowest BCUT2D eigenvalue weighted by atomic mass is 10.5. The maximum absolute atomic E-state index is 10.8. The second-order valence-corrected chi connectivity index (χ2v) is 2.28. The molecule has 4 nitrogen and oxygen atoms in total. The van der Waals surface area contributed by atoms with E-state index in [0.29, 0.717) is 6.54 Å². The van der Waals surface area contributed by atoms with Crippen LogP contribution >= 0.6 is 0 Å². The first-order valence-corrected chi connectivity index (χ1v) is 3.84. The fraction of sp³-hybridized carbons (Fsp3) is 0.625. The maximum Gasteiger partial charge on any atom is 0.246 e. The molecule has 0 aromatic rings. The van der Waals surface area contributed by atoms with Crippen molar-refractivity contribution in [3.05, 3.63) is 12.2 Å². The fourth-order valence-electron chi connectivity index (χ4n) is 0.538. The number of carbonyl (C=O) groups is 1. The van der Waals surface area contributed by atoms with E-state index in [1.807, 2.05) is 19.1 Å². The highest BCUT2D eigenvalue weighted by Gasteiger charge is 2.01. The van der Waals surface area contributed by atoms with Gasteiger partial charge in [-0.05, 0) is 13.8 Å². The number of aliphatic hydroxyl groups excluding tert-OH is 1. The molecule has 0 bridgehead atoms. The van der Waals surface area contributed by atoms with Gasteiger partial charge >= 0.3 is 0 Å². The smallest absolute Gasteiger partial charge is 0.246 e. The van der Waals surface area contributed by atoms with Gasteiger partial charge in [0.05, 0.1) is 0 Å². The third-order valence-electron chi connectivity index (χ3n) is 1.11. The van der Waals surface area contributed by atoms with Crippen LogP contribution in [0.15, 0.2) is 12.2 Å². The Hall–Kier alpha value is -0.870. The predicted octanol–water partition coefficient (Wildman–Crippen LogP) is 0.0336. The summed E-state index contributed by atoms with van der Waals surface area (Å²) in [6.45, 7) is 3.73. The van der Waals surface area contributed by atoms with Gasteiger partial charge in [0.2, 0.25) is 5.91 Å². The van der Waals surface area contributed by atoms with E-state index in [1.54, 1.807) is 0 Å². The number of rotatable bonds is 5. The summed E-state index contributed by atoms with van der Waals surface area (Å²) >= 11 is 0. The zero-order chi connectivity index (χ0) is 9.40. The first-order chi connectivity index (χ1) is 5.66. The molecule has 0 aliphatic rings. The zero-order valence-electron chi connectivity index (χ0n) is 7.41. The molecule has 1 unspecified atom stereocenters. The Labute approximate surface area is 72.2 Å². The topological polar surface area (TPSA) is 58.6 Å². The van der Waals surface area contributed by atoms with Crippen molar-refractivity contribution >= 4 is 5.91 Å². The van der Waals surface area contributed by atoms with Gasteiger partial charge in [0.1, 0.15) is 6.61 Å². The molecule has 4 heteroatoms. The van der Waals surface area contributed by atoms with Crippen LogP contribution in [0, 0.1) is 0 Å². The van der Waals surface area contributed by atoms with Gasteiger partial charge in [-0.25, -0.2) is 0 Å². The van der Waals surface area contributed by atoms with Gasteiger partial charge in [-0.3, -0.25) is 4.79 Å². The lowest BCUT2D eigenvalue weighted by Gasteiger charge is -2.05. The highest BCUT2D eigenvalue weighted by Crippen LogP contribution is 1.82. The molecule has 0 radical (unpaired) electrons. The summed E-state index contributed by atoms with van der Waals surface area (Å²) in [5.74, 6) is -0.228. The van der Waals surface area contributed by atoms with Gasteiger partial charge in [-0.1, -0.05) is 12.2 Å². The molecular formula is C8H15NO3. The quantitative estimate of drug-likeness (QED) is 0.455. The van der Waals surface area contributed by atoms with Crippen molar-refractivity contribution in [2.45, 2.75) is 20.1 Å². The maximum atomic E-state index is 10.8. The Morgan fingerprint density at radius 1 is 1.75 bits per heavy atom. The molecule has 0 saturated carbocycles. The number of hydrogen-bond donors (Lipinski definition) is 2. The third-order valence-corrected chi connectivity index (χ3v) is 1.11. The van der Waals surface area contributed by atoms with Crippen LogP contribution in [0.1, 0.15) is 13.8 Å². The van der Waals surface area contributed by atoms with Gasteiger partial charge < -0.3 is 15.2 Å². The molecule has 0 aliphatic carbocycles. The standard InChI is InChI=1S/C8H15NO3/c1-3-4-5-9-8(11)6-12-7(2)10/h3-4,7,10H,5-6H2,1-2H3,(H,9,11)/b4-3-. The third kappa shape index (κ3) is 7.24. The van der Waals surface area contributed by atoms with E-state index < -0.39 is 6.29 Å². The van der Waals surface area contributed by atoms with Crippen LogP contribution in [-0.2, 0) is 9.53 Å². The summed E-state index contributed by atoms with van der Waals surface area (Å²) in [6.07, 6.45) is 2.77. The van der Waals surface area contributed by atoms with Gasteiger partial charge in [0.25, 0.3) is 0 Å². The molecule has 12 heavy (non-hydrogen) atoms. The molecule has 0 rings (SSSR count). The van der Waals surface area contributed by atoms with E-state index in [1.165, 1.54) is 6.92 Å². The van der Waals surface area contributed by atoms with E-state index in [2.05, 4.69) is 10.1 Å². The highest BCUT2D eigenvalue weighted by molar-refractivity contribution is 5.77. The highest BCUT2D eigenvalue weighted by atomic mass is 16.6. The van der Waals surface area contributed by atoms with E-state index in [9.17, 15) is 4.79 Å². The number of hydrogen-bond acceptors (Lipinski definition) is 3. The summed E-state index contributed by atoms with van der Waals surface area (Å²) in [6, 6.07) is 0. The zero-order valence-corrected chi connectivity index (χ0v) is 7.41. The summed E-state index contributed by atoms with van der Waals surface area (Å²) < 4.78 is 4.65. The number of aliphatic hydroxyl groups is 1. The molecule has 70 valence electrons. The Bertz CT molecular complexity index is 154. The van der Waals surface area contributed by atoms with Crippen molar-refractivity contribution < 1.29 is 14.6 Å². The molecule has 2 N–H and O–H groups in total. The molecule has 0 fully saturated rings. The minimum absolute atomic E-state index is 0.102. The van der Waals surface area contributed by atoms with E-state index in [0.717, 1.165) is 0 Å². The van der Waals surface area contributed by atoms with E-state index >= 15 is 0 Å². The second-order valence-electron chi connectivity index (χ2n) is 2.28. The number of carbonyl (C=O) groups excluding carboxylic acids is 1. The van der Waals surface area contributed by atoms with Crippen molar-refractivity contribution in [2.75, 3.05) is 13.2 Å². The summed E-state index contributed by atoms with van der Waals surface area (Å²) in [7, 11) is 0.